The van der Waals surface area contributed by atoms with E-state index >= 15 is 0 Å². The molecule has 194 valence electrons. The summed E-state index contributed by atoms with van der Waals surface area (Å²) in [6.07, 6.45) is 0. The zero-order valence-corrected chi connectivity index (χ0v) is 23.3. The molecule has 1 N–H and O–H groups in total. The molecule has 4 aromatic carbocycles. The van der Waals surface area contributed by atoms with Gasteiger partial charge >= 0.3 is 0 Å². The minimum Gasteiger partial charge on any atom is -0.507 e. The Morgan fingerprint density at radius 1 is 0.564 bits per heavy atom. The largest absolute Gasteiger partial charge is 0.507 e. The predicted molar refractivity (Wildman–Crippen MR) is 158 cm³/mol. The van der Waals surface area contributed by atoms with E-state index in [4.69, 9.17) is 51.1 Å². The predicted octanol–water partition coefficient (Wildman–Crippen LogP) is 8.92. The van der Waals surface area contributed by atoms with E-state index in [2.05, 4.69) is 19.9 Å². The fourth-order valence-electron chi connectivity index (χ4n) is 3.92. The monoisotopic (exact) mass is 594 g/mol. The number of halogens is 4. The Bertz CT molecular complexity index is 1810. The lowest BCUT2D eigenvalue weighted by atomic mass is 10.1. The van der Waals surface area contributed by atoms with Crippen molar-refractivity contribution >= 4 is 68.2 Å². The highest BCUT2D eigenvalue weighted by Gasteiger charge is 2.16. The number of methoxy groups -OCH3 is 1. The Balaban J connectivity index is 0.000000158. The van der Waals surface area contributed by atoms with Gasteiger partial charge in [-0.05, 0) is 48.5 Å². The summed E-state index contributed by atoms with van der Waals surface area (Å²) in [5, 5.41) is 13.1. The quantitative estimate of drug-likeness (QED) is 0.206. The first-order chi connectivity index (χ1) is 18.9. The van der Waals surface area contributed by atoms with Crippen LogP contribution in [-0.4, -0.2) is 32.2 Å². The molecule has 0 atom stereocenters. The number of hydrogen-bond donors (Lipinski definition) is 1. The maximum absolute atomic E-state index is 9.90. The SMILES string of the molecule is COc1cccc(Cl)c1-c1nc(Cl)c2ccccc2n1.Oc1cccc(Cl)c1-c1nc(Cl)c2ccccc2n1. The molecule has 0 aliphatic rings. The number of aromatic hydroxyl groups is 1. The average Bonchev–Trinajstić information content (AvgIpc) is 2.93. The number of phenolic OH excluding ortho intramolecular Hbond substituents is 1. The van der Waals surface area contributed by atoms with Gasteiger partial charge in [0.25, 0.3) is 0 Å². The van der Waals surface area contributed by atoms with Crippen molar-refractivity contribution in [1.82, 2.24) is 19.9 Å². The summed E-state index contributed by atoms with van der Waals surface area (Å²) in [6, 6.07) is 25.2. The maximum atomic E-state index is 9.90. The molecule has 6 nitrogen and oxygen atoms in total. The first-order valence-corrected chi connectivity index (χ1v) is 13.0. The van der Waals surface area contributed by atoms with Crippen LogP contribution in [0.2, 0.25) is 20.4 Å². The number of hydrogen-bond acceptors (Lipinski definition) is 6. The van der Waals surface area contributed by atoms with Gasteiger partial charge in [0.15, 0.2) is 11.6 Å². The summed E-state index contributed by atoms with van der Waals surface area (Å²) in [5.74, 6) is 1.41. The minimum absolute atomic E-state index is 0.0267. The van der Waals surface area contributed by atoms with Crippen molar-refractivity contribution in [3.8, 4) is 34.3 Å². The zero-order valence-electron chi connectivity index (χ0n) is 20.2. The van der Waals surface area contributed by atoms with Gasteiger partial charge in [0, 0.05) is 10.8 Å². The van der Waals surface area contributed by atoms with Gasteiger partial charge in [-0.2, -0.15) is 0 Å². The van der Waals surface area contributed by atoms with Crippen LogP contribution in [0.5, 0.6) is 11.5 Å². The van der Waals surface area contributed by atoms with Crippen LogP contribution in [0.4, 0.5) is 0 Å². The topological polar surface area (TPSA) is 81.0 Å². The molecular weight excluding hydrogens is 578 g/mol. The van der Waals surface area contributed by atoms with E-state index in [9.17, 15) is 5.11 Å². The normalized spacial score (nSPS) is 10.8. The summed E-state index contributed by atoms with van der Waals surface area (Å²) in [4.78, 5) is 17.4. The zero-order chi connectivity index (χ0) is 27.5. The van der Waals surface area contributed by atoms with Crippen molar-refractivity contribution in [3.63, 3.8) is 0 Å². The molecule has 39 heavy (non-hydrogen) atoms. The van der Waals surface area contributed by atoms with Gasteiger partial charge in [0.05, 0.1) is 39.3 Å². The molecule has 0 saturated carbocycles. The summed E-state index contributed by atoms with van der Waals surface area (Å²) in [5.41, 5.74) is 2.50. The van der Waals surface area contributed by atoms with E-state index in [-0.39, 0.29) is 5.75 Å². The minimum atomic E-state index is 0.0267. The molecule has 0 fully saturated rings. The highest BCUT2D eigenvalue weighted by molar-refractivity contribution is 6.36. The third kappa shape index (κ3) is 5.56. The van der Waals surface area contributed by atoms with E-state index in [1.807, 2.05) is 60.7 Å². The molecule has 0 bridgehead atoms. The fourth-order valence-corrected chi connectivity index (χ4v) is 4.91. The maximum Gasteiger partial charge on any atom is 0.166 e. The lowest BCUT2D eigenvalue weighted by molar-refractivity contribution is 0.416. The molecule has 6 rings (SSSR count). The van der Waals surface area contributed by atoms with Gasteiger partial charge in [-0.15, -0.1) is 0 Å². The van der Waals surface area contributed by atoms with E-state index in [0.29, 0.717) is 54.4 Å². The highest BCUT2D eigenvalue weighted by Crippen LogP contribution is 2.37. The third-order valence-electron chi connectivity index (χ3n) is 5.75. The number of phenols is 1. The Morgan fingerprint density at radius 2 is 1.05 bits per heavy atom. The van der Waals surface area contributed by atoms with E-state index in [1.165, 1.54) is 6.07 Å². The average molecular weight is 596 g/mol. The molecule has 2 aromatic heterocycles. The second kappa shape index (κ2) is 11.6. The van der Waals surface area contributed by atoms with E-state index < -0.39 is 0 Å². The summed E-state index contributed by atoms with van der Waals surface area (Å²) >= 11 is 24.7. The number of benzene rings is 4. The first-order valence-electron chi connectivity index (χ1n) is 11.5. The molecule has 0 aliphatic carbocycles. The lowest BCUT2D eigenvalue weighted by Crippen LogP contribution is -1.95. The van der Waals surface area contributed by atoms with Gasteiger partial charge in [0.2, 0.25) is 0 Å². The lowest BCUT2D eigenvalue weighted by Gasteiger charge is -2.10. The molecule has 0 unspecified atom stereocenters. The van der Waals surface area contributed by atoms with Gasteiger partial charge in [0.1, 0.15) is 21.8 Å². The van der Waals surface area contributed by atoms with Crippen LogP contribution in [0.25, 0.3) is 44.6 Å². The van der Waals surface area contributed by atoms with E-state index in [0.717, 1.165) is 16.3 Å². The Morgan fingerprint density at radius 3 is 1.59 bits per heavy atom. The van der Waals surface area contributed by atoms with Crippen LogP contribution < -0.4 is 4.74 Å². The van der Waals surface area contributed by atoms with Crippen molar-refractivity contribution in [2.24, 2.45) is 0 Å². The molecule has 6 aromatic rings. The van der Waals surface area contributed by atoms with Crippen molar-refractivity contribution in [2.45, 2.75) is 0 Å². The number of fused-ring (bicyclic) bond motifs is 2. The van der Waals surface area contributed by atoms with Gasteiger partial charge in [-0.3, -0.25) is 0 Å². The summed E-state index contributed by atoms with van der Waals surface area (Å²) < 4.78 is 5.32. The Labute approximate surface area is 243 Å². The van der Waals surface area contributed by atoms with Gasteiger partial charge in [-0.25, -0.2) is 19.9 Å². The number of aromatic nitrogens is 4. The first kappa shape index (κ1) is 26.9. The van der Waals surface area contributed by atoms with Crippen LogP contribution in [-0.2, 0) is 0 Å². The highest BCUT2D eigenvalue weighted by atomic mass is 35.5. The number of ether oxygens (including phenoxy) is 1. The van der Waals surface area contributed by atoms with Crippen LogP contribution in [0.15, 0.2) is 84.9 Å². The van der Waals surface area contributed by atoms with Gasteiger partial charge < -0.3 is 9.84 Å². The molecule has 0 amide bonds. The summed E-state index contributed by atoms with van der Waals surface area (Å²) in [7, 11) is 1.58. The number of para-hydroxylation sites is 2. The van der Waals surface area contributed by atoms with Crippen LogP contribution in [0.3, 0.4) is 0 Å². The van der Waals surface area contributed by atoms with Crippen LogP contribution >= 0.6 is 46.4 Å². The smallest absolute Gasteiger partial charge is 0.166 e. The number of nitrogens with zero attached hydrogens (tertiary/aromatic N) is 4. The molecule has 0 saturated heterocycles. The Hall–Kier alpha value is -3.68. The Kier molecular flexibility index (Phi) is 8.00. The molecular formula is C29H18Cl4N4O2. The number of rotatable bonds is 3. The molecule has 0 spiro atoms. The summed E-state index contributed by atoms with van der Waals surface area (Å²) in [6.45, 7) is 0. The molecule has 10 heteroatoms. The molecule has 2 heterocycles. The van der Waals surface area contributed by atoms with Crippen LogP contribution in [0.1, 0.15) is 0 Å². The molecule has 0 aliphatic heterocycles. The second-order valence-electron chi connectivity index (χ2n) is 8.16. The van der Waals surface area contributed by atoms with Crippen LogP contribution in [0, 0.1) is 0 Å². The fraction of sp³-hybridized carbons (Fsp3) is 0.0345. The van der Waals surface area contributed by atoms with E-state index in [1.54, 1.807) is 25.3 Å². The van der Waals surface area contributed by atoms with Gasteiger partial charge in [-0.1, -0.05) is 82.8 Å². The third-order valence-corrected chi connectivity index (χ3v) is 6.95. The standard InChI is InChI=1S/C15H10Cl2N2O.C14H8Cl2N2O/c1-20-12-8-4-6-10(16)13(12)15-18-11-7-3-2-5-9(11)14(17)19-15;15-9-5-3-7-11(19)12(9)14-17-10-6-2-1-4-8(10)13(16)18-14/h2-8H,1H3;1-7,19H. The molecule has 0 radical (unpaired) electrons. The van der Waals surface area contributed by atoms with Crippen molar-refractivity contribution in [2.75, 3.05) is 7.11 Å². The van der Waals surface area contributed by atoms with Crippen molar-refractivity contribution < 1.29 is 9.84 Å². The second-order valence-corrected chi connectivity index (χ2v) is 9.69. The van der Waals surface area contributed by atoms with Crippen molar-refractivity contribution in [3.05, 3.63) is 105 Å². The van der Waals surface area contributed by atoms with Crippen molar-refractivity contribution in [1.29, 1.82) is 0 Å².